The molecule has 2 aromatic carbocycles. The molecular weight excluding hydrogens is 912 g/mol. The zero-order chi connectivity index (χ0) is 48.8. The first-order chi connectivity index (χ1) is 31.8. The quantitative estimate of drug-likeness (QED) is 0.0714. The Bertz CT molecular complexity index is 2210. The molecule has 0 aliphatic carbocycles. The maximum atomic E-state index is 14.3. The van der Waals surface area contributed by atoms with Gasteiger partial charge in [-0.3, -0.25) is 4.79 Å². The summed E-state index contributed by atoms with van der Waals surface area (Å²) in [5, 5.41) is 166. The highest BCUT2D eigenvalue weighted by atomic mass is 16.7. The van der Waals surface area contributed by atoms with Crippen molar-refractivity contribution >= 4 is 11.0 Å². The van der Waals surface area contributed by atoms with E-state index < -0.39 is 183 Å². The Hall–Kier alpha value is -4.15. The average molecular weight is 965 g/mol. The molecule has 0 unspecified atom stereocenters. The summed E-state index contributed by atoms with van der Waals surface area (Å²) in [7, 11) is 1.22. The highest BCUT2D eigenvalue weighted by molar-refractivity contribution is 5.88. The second kappa shape index (κ2) is 20.8. The number of aliphatic hydroxyl groups is 14. The number of phenolic OH excluding ortho intramolecular Hbond substituents is 2. The number of ether oxygens (including phenoxy) is 9. The third-order valence-corrected chi connectivity index (χ3v) is 11.7. The summed E-state index contributed by atoms with van der Waals surface area (Å²) in [6, 6.07) is 5.56. The summed E-state index contributed by atoms with van der Waals surface area (Å²) in [5.41, 5.74) is -1.60. The van der Waals surface area contributed by atoms with E-state index in [1.807, 2.05) is 0 Å². The van der Waals surface area contributed by atoms with Gasteiger partial charge in [0.25, 0.3) is 0 Å². The lowest BCUT2D eigenvalue weighted by atomic mass is 9.98. The molecule has 27 nitrogen and oxygen atoms in total. The van der Waals surface area contributed by atoms with Gasteiger partial charge in [-0.05, 0) is 18.2 Å². The minimum absolute atomic E-state index is 0.0385. The van der Waals surface area contributed by atoms with Crippen LogP contribution in [0.2, 0.25) is 0 Å². The van der Waals surface area contributed by atoms with E-state index in [0.29, 0.717) is 0 Å². The summed E-state index contributed by atoms with van der Waals surface area (Å²) < 4.78 is 55.7. The molecule has 67 heavy (non-hydrogen) atoms. The molecule has 4 aliphatic rings. The predicted octanol–water partition coefficient (Wildman–Crippen LogP) is -7.11. The van der Waals surface area contributed by atoms with Crippen LogP contribution >= 0.6 is 0 Å². The van der Waals surface area contributed by atoms with Crippen LogP contribution in [0.1, 0.15) is 0 Å². The molecule has 0 spiro atoms. The van der Waals surface area contributed by atoms with E-state index in [0.717, 1.165) is 18.2 Å². The number of phenols is 2. The maximum absolute atomic E-state index is 14.3. The number of hydrogen-bond donors (Lipinski definition) is 16. The Morgan fingerprint density at radius 1 is 0.522 bits per heavy atom. The summed E-state index contributed by atoms with van der Waals surface area (Å²) in [6.07, 6.45) is -36.1. The lowest BCUT2D eigenvalue weighted by Gasteiger charge is -2.43. The van der Waals surface area contributed by atoms with E-state index >= 15 is 0 Å². The van der Waals surface area contributed by atoms with Crippen molar-refractivity contribution in [3.63, 3.8) is 0 Å². The molecule has 0 bridgehead atoms. The molecule has 0 radical (unpaired) electrons. The predicted molar refractivity (Wildman–Crippen MR) is 212 cm³/mol. The fraction of sp³-hybridized carbons (Fsp3) is 0.625. The lowest BCUT2D eigenvalue weighted by molar-refractivity contribution is -0.339. The molecule has 374 valence electrons. The minimum atomic E-state index is -2.14. The maximum Gasteiger partial charge on any atom is 0.239 e. The number of hydrogen-bond acceptors (Lipinski definition) is 27. The summed E-state index contributed by atoms with van der Waals surface area (Å²) >= 11 is 0. The van der Waals surface area contributed by atoms with E-state index in [1.165, 1.54) is 19.2 Å². The van der Waals surface area contributed by atoms with Crippen molar-refractivity contribution in [1.29, 1.82) is 0 Å². The van der Waals surface area contributed by atoms with Crippen LogP contribution in [0.15, 0.2) is 39.5 Å². The molecule has 4 aliphatic heterocycles. The molecule has 4 fully saturated rings. The van der Waals surface area contributed by atoms with Gasteiger partial charge < -0.3 is 129 Å². The third kappa shape index (κ3) is 10.00. The lowest BCUT2D eigenvalue weighted by Crippen LogP contribution is -2.63. The van der Waals surface area contributed by atoms with Crippen molar-refractivity contribution in [3.05, 3.63) is 40.6 Å². The summed E-state index contributed by atoms with van der Waals surface area (Å²) in [5.74, 6) is -2.91. The van der Waals surface area contributed by atoms with Gasteiger partial charge in [-0.15, -0.1) is 0 Å². The molecule has 1 aromatic heterocycles. The number of methoxy groups -OCH3 is 1. The van der Waals surface area contributed by atoms with E-state index in [2.05, 4.69) is 0 Å². The standard InChI is InChI=1S/C40H52O27/c1-58-15-4-11(2-3-13(15)43)35-36(26(49)21-14(44)5-12(6-16(21)62-35)61-39-33(56)28(51)23(46)18(8-42)64-39)67-40-34(57)30(53)25(48)20(66-40)10-60-38-32(55)29(52)24(47)19(65-38)9-59-37-31(54)27(50)22(45)17(7-41)63-37/h2-6,17-20,22-25,27-34,37-48,50-57H,7-10H2,1H3/t17-,18+,19-,20+,22-,23-,24-,25-,27+,28+,29+,30+,31-,32-,33-,34-,37-,38-,39-,40+/m1/s1. The van der Waals surface area contributed by atoms with Crippen molar-refractivity contribution < 1.29 is 129 Å². The van der Waals surface area contributed by atoms with Gasteiger partial charge in [0.15, 0.2) is 29.8 Å². The highest BCUT2D eigenvalue weighted by Crippen LogP contribution is 2.41. The smallest absolute Gasteiger partial charge is 0.239 e. The molecular formula is C40H52O27. The van der Waals surface area contributed by atoms with Crippen LogP contribution in [0.3, 0.4) is 0 Å². The monoisotopic (exact) mass is 964 g/mol. The second-order valence-corrected chi connectivity index (χ2v) is 16.1. The van der Waals surface area contributed by atoms with Gasteiger partial charge in [-0.1, -0.05) is 0 Å². The van der Waals surface area contributed by atoms with Gasteiger partial charge in [-0.25, -0.2) is 0 Å². The molecule has 4 saturated heterocycles. The topological polar surface area (TPSA) is 437 Å². The molecule has 5 heterocycles. The number of fused-ring (bicyclic) bond motifs is 1. The fourth-order valence-corrected chi connectivity index (χ4v) is 7.78. The van der Waals surface area contributed by atoms with Crippen molar-refractivity contribution in [1.82, 2.24) is 0 Å². The first kappa shape index (κ1) is 50.7. The highest BCUT2D eigenvalue weighted by Gasteiger charge is 2.50. The number of aliphatic hydroxyl groups excluding tert-OH is 14. The van der Waals surface area contributed by atoms with Gasteiger partial charge in [0.05, 0.1) is 33.5 Å². The Morgan fingerprint density at radius 2 is 0.970 bits per heavy atom. The molecule has 20 atom stereocenters. The van der Waals surface area contributed by atoms with Crippen LogP contribution in [0.4, 0.5) is 0 Å². The first-order valence-electron chi connectivity index (χ1n) is 20.6. The van der Waals surface area contributed by atoms with E-state index in [1.54, 1.807) is 0 Å². The van der Waals surface area contributed by atoms with Crippen LogP contribution in [0.25, 0.3) is 22.3 Å². The molecule has 0 saturated carbocycles. The first-order valence-corrected chi connectivity index (χ1v) is 20.6. The number of aromatic hydroxyl groups is 2. The van der Waals surface area contributed by atoms with Gasteiger partial charge in [0.1, 0.15) is 120 Å². The Morgan fingerprint density at radius 3 is 1.48 bits per heavy atom. The van der Waals surface area contributed by atoms with Crippen molar-refractivity contribution in [3.8, 4) is 40.1 Å². The van der Waals surface area contributed by atoms with E-state index in [9.17, 15) is 86.5 Å². The largest absolute Gasteiger partial charge is 0.507 e. The van der Waals surface area contributed by atoms with E-state index in [-0.39, 0.29) is 22.8 Å². The summed E-state index contributed by atoms with van der Waals surface area (Å²) in [6.45, 7) is -3.09. The Kier molecular flexibility index (Phi) is 15.8. The Balaban J connectivity index is 1.13. The Labute approximate surface area is 376 Å². The number of benzene rings is 2. The minimum Gasteiger partial charge on any atom is -0.507 e. The third-order valence-electron chi connectivity index (χ3n) is 11.7. The SMILES string of the molecule is COc1cc(-c2oc3cc(O[C@@H]4O[C@@H](CO)[C@@H](O)[C@H](O)[C@H]4O)cc(O)c3c(=O)c2O[C@@H]2O[C@@H](CO[C@@H]3O[C@H](CO[C@@H]4O[C@H](CO)[C@@H](O)[C@H](O)[C@H]4O)[C@@H](O)[C@H](O)[C@H]3O)[C@@H](O)[C@H](O)[C@H]2O)ccc1O. The normalized spacial score (nSPS) is 39.3. The number of rotatable bonds is 14. The van der Waals surface area contributed by atoms with Crippen LogP contribution in [0.5, 0.6) is 28.7 Å². The molecule has 0 amide bonds. The van der Waals surface area contributed by atoms with Gasteiger partial charge in [0, 0.05) is 17.7 Å². The van der Waals surface area contributed by atoms with Gasteiger partial charge >= 0.3 is 0 Å². The van der Waals surface area contributed by atoms with Crippen LogP contribution < -0.4 is 19.6 Å². The summed E-state index contributed by atoms with van der Waals surface area (Å²) in [4.78, 5) is 14.3. The molecule has 7 rings (SSSR count). The zero-order valence-electron chi connectivity index (χ0n) is 34.9. The second-order valence-electron chi connectivity index (χ2n) is 16.1. The van der Waals surface area contributed by atoms with Gasteiger partial charge in [0.2, 0.25) is 23.8 Å². The van der Waals surface area contributed by atoms with Crippen LogP contribution in [-0.4, -0.2) is 238 Å². The van der Waals surface area contributed by atoms with Crippen LogP contribution in [-0.2, 0) is 28.4 Å². The van der Waals surface area contributed by atoms with Crippen molar-refractivity contribution in [2.45, 2.75) is 123 Å². The molecule has 3 aromatic rings. The van der Waals surface area contributed by atoms with E-state index in [4.69, 9.17) is 47.0 Å². The van der Waals surface area contributed by atoms with Crippen molar-refractivity contribution in [2.75, 3.05) is 33.5 Å². The molecule has 16 N–H and O–H groups in total. The zero-order valence-corrected chi connectivity index (χ0v) is 34.9. The average Bonchev–Trinajstić information content (AvgIpc) is 3.31. The van der Waals surface area contributed by atoms with Crippen molar-refractivity contribution in [2.24, 2.45) is 0 Å². The fourth-order valence-electron chi connectivity index (χ4n) is 7.78. The van der Waals surface area contributed by atoms with Gasteiger partial charge in [-0.2, -0.15) is 0 Å². The van der Waals surface area contributed by atoms with Crippen LogP contribution in [0, 0.1) is 0 Å². The molecule has 27 heteroatoms.